The van der Waals surface area contributed by atoms with Gasteiger partial charge < -0.3 is 5.32 Å². The Bertz CT molecular complexity index is 1780. The van der Waals surface area contributed by atoms with Crippen LogP contribution in [0.5, 0.6) is 0 Å². The molecule has 3 aromatic carbocycles. The standard InChI is InChI=1S/C31H26F3N7O2S/c1-19(2)24-5-3-4-6-26(24)41-28(42)17-44-30(41)38-29(43)37-23-11-7-20(8-12-23)9-14-27-36-18-40(39-27)25-13-10-22(31(32,33)34)15-21(25)16-35/h3-8,10-13,15,18-19H,9,14,17H2,1-2H3,(H,37,43)/b38-30-. The summed E-state index contributed by atoms with van der Waals surface area (Å²) in [6.07, 6.45) is -2.20. The number of rotatable bonds is 7. The minimum Gasteiger partial charge on any atom is -0.306 e. The first-order valence-electron chi connectivity index (χ1n) is 13.6. The number of hydrogen-bond donors (Lipinski definition) is 1. The first-order valence-corrected chi connectivity index (χ1v) is 14.6. The maximum atomic E-state index is 13.0. The summed E-state index contributed by atoms with van der Waals surface area (Å²) < 4.78 is 40.3. The summed E-state index contributed by atoms with van der Waals surface area (Å²) in [5.74, 6) is 0.696. The van der Waals surface area contributed by atoms with Gasteiger partial charge in [0.05, 0.1) is 28.3 Å². The number of carbonyl (C=O) groups is 2. The van der Waals surface area contributed by atoms with E-state index < -0.39 is 17.8 Å². The van der Waals surface area contributed by atoms with Crippen LogP contribution in [0.1, 0.15) is 47.8 Å². The molecule has 4 aromatic rings. The average Bonchev–Trinajstić information content (AvgIpc) is 3.62. The van der Waals surface area contributed by atoms with Crippen molar-refractivity contribution in [3.63, 3.8) is 0 Å². The number of aryl methyl sites for hydroxylation is 2. The minimum atomic E-state index is -4.56. The number of nitrogens with zero attached hydrogens (tertiary/aromatic N) is 6. The van der Waals surface area contributed by atoms with Crippen LogP contribution < -0.4 is 10.2 Å². The number of urea groups is 1. The van der Waals surface area contributed by atoms with Crippen molar-refractivity contribution in [2.24, 2.45) is 4.99 Å². The Morgan fingerprint density at radius 1 is 1.09 bits per heavy atom. The summed E-state index contributed by atoms with van der Waals surface area (Å²) in [6, 6.07) is 18.8. The maximum Gasteiger partial charge on any atom is 0.416 e. The normalized spacial score (nSPS) is 14.3. The van der Waals surface area contributed by atoms with Crippen molar-refractivity contribution in [3.8, 4) is 11.8 Å². The highest BCUT2D eigenvalue weighted by atomic mass is 32.2. The third-order valence-electron chi connectivity index (χ3n) is 6.84. The first-order chi connectivity index (χ1) is 21.0. The Morgan fingerprint density at radius 3 is 2.55 bits per heavy atom. The second-order valence-corrected chi connectivity index (χ2v) is 11.1. The van der Waals surface area contributed by atoms with Crippen molar-refractivity contribution in [2.75, 3.05) is 16.0 Å². The molecule has 0 saturated carbocycles. The lowest BCUT2D eigenvalue weighted by Crippen LogP contribution is -2.31. The van der Waals surface area contributed by atoms with Crippen molar-refractivity contribution < 1.29 is 22.8 Å². The third-order valence-corrected chi connectivity index (χ3v) is 7.76. The summed E-state index contributed by atoms with van der Waals surface area (Å²) >= 11 is 1.21. The van der Waals surface area contributed by atoms with Crippen LogP contribution in [0.4, 0.5) is 29.3 Å². The van der Waals surface area contributed by atoms with Gasteiger partial charge in [0.25, 0.3) is 0 Å². The number of carbonyl (C=O) groups excluding carboxylic acids is 2. The zero-order chi connectivity index (χ0) is 31.4. The van der Waals surface area contributed by atoms with Crippen LogP contribution >= 0.6 is 11.8 Å². The van der Waals surface area contributed by atoms with Gasteiger partial charge in [0.15, 0.2) is 11.0 Å². The molecule has 3 amide bonds. The van der Waals surface area contributed by atoms with Crippen molar-refractivity contribution in [2.45, 2.75) is 38.8 Å². The molecule has 5 rings (SSSR count). The molecule has 9 nitrogen and oxygen atoms in total. The highest BCUT2D eigenvalue weighted by Gasteiger charge is 2.33. The van der Waals surface area contributed by atoms with Crippen LogP contribution in [0.3, 0.4) is 0 Å². The predicted octanol–water partition coefficient (Wildman–Crippen LogP) is 6.73. The van der Waals surface area contributed by atoms with Gasteiger partial charge in [0.1, 0.15) is 12.4 Å². The van der Waals surface area contributed by atoms with E-state index in [4.69, 9.17) is 0 Å². The van der Waals surface area contributed by atoms with E-state index in [1.54, 1.807) is 18.2 Å². The van der Waals surface area contributed by atoms with Gasteiger partial charge in [-0.1, -0.05) is 55.9 Å². The Labute approximate surface area is 255 Å². The van der Waals surface area contributed by atoms with E-state index in [0.717, 1.165) is 28.9 Å². The van der Waals surface area contributed by atoms with E-state index in [1.807, 2.05) is 50.2 Å². The molecule has 224 valence electrons. The highest BCUT2D eigenvalue weighted by Crippen LogP contribution is 2.33. The molecule has 0 radical (unpaired) electrons. The van der Waals surface area contributed by atoms with Gasteiger partial charge in [0.2, 0.25) is 5.91 Å². The molecule has 1 aliphatic rings. The highest BCUT2D eigenvalue weighted by molar-refractivity contribution is 8.15. The Hall–Kier alpha value is -4.96. The number of amides is 3. The fourth-order valence-corrected chi connectivity index (χ4v) is 5.50. The monoisotopic (exact) mass is 617 g/mol. The molecule has 0 atom stereocenters. The van der Waals surface area contributed by atoms with Crippen LogP contribution in [0.15, 0.2) is 78.0 Å². The lowest BCUT2D eigenvalue weighted by molar-refractivity contribution is -0.137. The number of benzene rings is 3. The molecule has 1 N–H and O–H groups in total. The number of hydrogen-bond acceptors (Lipinski definition) is 6. The number of nitrogens with one attached hydrogen (secondary N) is 1. The van der Waals surface area contributed by atoms with E-state index in [2.05, 4.69) is 20.4 Å². The molecule has 1 fully saturated rings. The summed E-state index contributed by atoms with van der Waals surface area (Å²) in [4.78, 5) is 35.3. The van der Waals surface area contributed by atoms with Crippen molar-refractivity contribution >= 4 is 40.2 Å². The number of anilines is 2. The van der Waals surface area contributed by atoms with E-state index in [1.165, 1.54) is 33.7 Å². The van der Waals surface area contributed by atoms with Crippen LogP contribution in [0, 0.1) is 11.3 Å². The van der Waals surface area contributed by atoms with E-state index in [-0.39, 0.29) is 28.8 Å². The van der Waals surface area contributed by atoms with Crippen LogP contribution in [-0.4, -0.2) is 37.6 Å². The SMILES string of the molecule is CC(C)c1ccccc1N1C(=O)CS/C1=N\C(=O)Nc1ccc(CCc2ncn(-c3ccc(C(F)(F)F)cc3C#N)n2)cc1. The molecule has 1 aromatic heterocycles. The smallest absolute Gasteiger partial charge is 0.306 e. The van der Waals surface area contributed by atoms with E-state index in [0.29, 0.717) is 29.5 Å². The number of thioether (sulfide) groups is 1. The third kappa shape index (κ3) is 6.81. The molecule has 1 saturated heterocycles. The zero-order valence-corrected chi connectivity index (χ0v) is 24.5. The number of nitriles is 1. The second-order valence-electron chi connectivity index (χ2n) is 10.2. The second kappa shape index (κ2) is 12.7. The number of aliphatic imine (C=N–C) groups is 1. The Kier molecular flexibility index (Phi) is 8.82. The molecule has 0 spiro atoms. The Balaban J connectivity index is 1.21. The number of aromatic nitrogens is 3. The quantitative estimate of drug-likeness (QED) is 0.246. The van der Waals surface area contributed by atoms with Gasteiger partial charge in [0, 0.05) is 12.1 Å². The van der Waals surface area contributed by atoms with Crippen molar-refractivity contribution in [1.29, 1.82) is 5.26 Å². The summed E-state index contributed by atoms with van der Waals surface area (Å²) in [7, 11) is 0. The van der Waals surface area contributed by atoms with Crippen LogP contribution in [-0.2, 0) is 23.8 Å². The average molecular weight is 618 g/mol. The molecular weight excluding hydrogens is 591 g/mol. The number of alkyl halides is 3. The van der Waals surface area contributed by atoms with Gasteiger partial charge in [-0.25, -0.2) is 14.5 Å². The van der Waals surface area contributed by atoms with Gasteiger partial charge in [-0.15, -0.1) is 0 Å². The molecule has 0 bridgehead atoms. The molecule has 2 heterocycles. The molecule has 1 aliphatic heterocycles. The van der Waals surface area contributed by atoms with Crippen LogP contribution in [0.2, 0.25) is 0 Å². The molecule has 13 heteroatoms. The fourth-order valence-electron chi connectivity index (χ4n) is 4.64. The van der Waals surface area contributed by atoms with Gasteiger partial charge >= 0.3 is 12.2 Å². The largest absolute Gasteiger partial charge is 0.416 e. The topological polar surface area (TPSA) is 116 Å². The van der Waals surface area contributed by atoms with Gasteiger partial charge in [-0.05, 0) is 59.9 Å². The number of amidine groups is 1. The molecular formula is C31H26F3N7O2S. The zero-order valence-electron chi connectivity index (χ0n) is 23.7. The number of halogens is 3. The van der Waals surface area contributed by atoms with Gasteiger partial charge in [-0.3, -0.25) is 9.69 Å². The van der Waals surface area contributed by atoms with E-state index >= 15 is 0 Å². The predicted molar refractivity (Wildman–Crippen MR) is 162 cm³/mol. The lowest BCUT2D eigenvalue weighted by Gasteiger charge is -2.21. The van der Waals surface area contributed by atoms with Crippen molar-refractivity contribution in [1.82, 2.24) is 14.8 Å². The minimum absolute atomic E-state index is 0.136. The molecule has 44 heavy (non-hydrogen) atoms. The van der Waals surface area contributed by atoms with E-state index in [9.17, 15) is 28.0 Å². The lowest BCUT2D eigenvalue weighted by atomic mass is 10.0. The molecule has 0 aliphatic carbocycles. The summed E-state index contributed by atoms with van der Waals surface area (Å²) in [6.45, 7) is 4.08. The number of para-hydroxylation sites is 1. The molecule has 0 unspecified atom stereocenters. The van der Waals surface area contributed by atoms with Crippen molar-refractivity contribution in [3.05, 3.63) is 101 Å². The summed E-state index contributed by atoms with van der Waals surface area (Å²) in [5.41, 5.74) is 2.30. The Morgan fingerprint density at radius 2 is 1.84 bits per heavy atom. The van der Waals surface area contributed by atoms with Gasteiger partial charge in [-0.2, -0.15) is 28.5 Å². The summed E-state index contributed by atoms with van der Waals surface area (Å²) in [5, 5.41) is 16.7. The maximum absolute atomic E-state index is 13.0. The fraction of sp³-hybridized carbons (Fsp3) is 0.226. The first kappa shape index (κ1) is 30.5. The van der Waals surface area contributed by atoms with Crippen LogP contribution in [0.25, 0.3) is 5.69 Å².